The van der Waals surface area contributed by atoms with Crippen LogP contribution in [0.3, 0.4) is 0 Å². The van der Waals surface area contributed by atoms with Crippen molar-refractivity contribution in [2.75, 3.05) is 11.4 Å². The van der Waals surface area contributed by atoms with Gasteiger partial charge in [-0.25, -0.2) is 4.79 Å². The molecule has 0 bridgehead atoms. The lowest BCUT2D eigenvalue weighted by molar-refractivity contribution is -0.136. The highest BCUT2D eigenvalue weighted by molar-refractivity contribution is 6.31. The normalized spacial score (nSPS) is 22.2. The molecule has 4 amide bonds. The Balaban J connectivity index is 1.65. The number of carbonyl (C=O) groups is 3. The van der Waals surface area contributed by atoms with Gasteiger partial charge in [-0.05, 0) is 42.5 Å². The molecule has 1 spiro atoms. The Hall–Kier alpha value is -3.37. The number of halogens is 1. The predicted octanol–water partition coefficient (Wildman–Crippen LogP) is 4.25. The number of carbonyl (C=O) groups excluding carboxylic acids is 3. The molecule has 33 heavy (non-hydrogen) atoms. The van der Waals surface area contributed by atoms with E-state index in [2.05, 4.69) is 11.4 Å². The smallest absolute Gasteiger partial charge is 0.323 e. The Kier molecular flexibility index (Phi) is 6.39. The van der Waals surface area contributed by atoms with Crippen molar-refractivity contribution < 1.29 is 14.4 Å². The molecule has 1 aliphatic carbocycles. The summed E-state index contributed by atoms with van der Waals surface area (Å²) < 4.78 is 0. The third-order valence-corrected chi connectivity index (χ3v) is 6.89. The molecule has 2 atom stereocenters. The Bertz CT molecular complexity index is 1130. The highest BCUT2D eigenvalue weighted by Crippen LogP contribution is 2.38. The molecule has 170 valence electrons. The molecule has 2 aliphatic rings. The molecule has 1 saturated heterocycles. The van der Waals surface area contributed by atoms with Crippen LogP contribution in [0.15, 0.2) is 48.5 Å². The van der Waals surface area contributed by atoms with Gasteiger partial charge in [-0.3, -0.25) is 14.5 Å². The number of urea groups is 1. The van der Waals surface area contributed by atoms with Gasteiger partial charge in [0.2, 0.25) is 5.91 Å². The van der Waals surface area contributed by atoms with Gasteiger partial charge in [-0.1, -0.05) is 61.7 Å². The van der Waals surface area contributed by atoms with Gasteiger partial charge in [0.05, 0.1) is 17.8 Å². The number of anilines is 1. The lowest BCUT2D eigenvalue weighted by Gasteiger charge is -2.36. The van der Waals surface area contributed by atoms with Crippen LogP contribution in [0, 0.1) is 17.2 Å². The molecule has 1 saturated carbocycles. The van der Waals surface area contributed by atoms with Crippen LogP contribution >= 0.6 is 11.6 Å². The molecule has 0 aromatic heterocycles. The van der Waals surface area contributed by atoms with Gasteiger partial charge in [0.25, 0.3) is 5.91 Å². The van der Waals surface area contributed by atoms with Crippen LogP contribution in [0.4, 0.5) is 10.5 Å². The fraction of sp³-hybridized carbons (Fsp3) is 0.360. The summed E-state index contributed by atoms with van der Waals surface area (Å²) in [5, 5.41) is 12.9. The second-order valence-electron chi connectivity index (χ2n) is 8.68. The van der Waals surface area contributed by atoms with Crippen LogP contribution in [0.2, 0.25) is 5.02 Å². The van der Waals surface area contributed by atoms with E-state index in [-0.39, 0.29) is 23.9 Å². The third kappa shape index (κ3) is 4.31. The molecular weight excluding hydrogens is 440 g/mol. The molecule has 7 nitrogen and oxygen atoms in total. The van der Waals surface area contributed by atoms with Crippen LogP contribution in [0.25, 0.3) is 0 Å². The van der Waals surface area contributed by atoms with E-state index in [0.717, 1.165) is 29.7 Å². The first-order valence-corrected chi connectivity index (χ1v) is 11.4. The minimum atomic E-state index is -0.937. The fourth-order valence-electron chi connectivity index (χ4n) is 4.76. The Morgan fingerprint density at radius 1 is 1.24 bits per heavy atom. The van der Waals surface area contributed by atoms with E-state index in [9.17, 15) is 19.6 Å². The van der Waals surface area contributed by atoms with Crippen LogP contribution < -0.4 is 10.2 Å². The molecule has 2 aromatic carbocycles. The zero-order valence-corrected chi connectivity index (χ0v) is 19.1. The molecule has 0 radical (unpaired) electrons. The lowest BCUT2D eigenvalue weighted by Crippen LogP contribution is -2.54. The minimum absolute atomic E-state index is 0.00125. The molecule has 2 fully saturated rings. The Labute approximate surface area is 197 Å². The summed E-state index contributed by atoms with van der Waals surface area (Å²) in [6, 6.07) is 15.5. The van der Waals surface area contributed by atoms with Crippen molar-refractivity contribution in [2.45, 2.75) is 44.7 Å². The van der Waals surface area contributed by atoms with Crippen LogP contribution in [-0.2, 0) is 16.1 Å². The van der Waals surface area contributed by atoms with Crippen LogP contribution in [0.5, 0.6) is 0 Å². The molecule has 8 heteroatoms. The number of nitriles is 1. The maximum Gasteiger partial charge on any atom is 0.325 e. The van der Waals surface area contributed by atoms with Crippen molar-refractivity contribution in [3.63, 3.8) is 0 Å². The summed E-state index contributed by atoms with van der Waals surface area (Å²) in [5.74, 6) is -0.817. The highest BCUT2D eigenvalue weighted by Gasteiger charge is 2.55. The molecule has 4 rings (SSSR count). The van der Waals surface area contributed by atoms with E-state index in [4.69, 9.17) is 11.6 Å². The highest BCUT2D eigenvalue weighted by atomic mass is 35.5. The summed E-state index contributed by atoms with van der Waals surface area (Å²) >= 11 is 6.18. The number of hydrogen-bond acceptors (Lipinski definition) is 4. The van der Waals surface area contributed by atoms with Crippen molar-refractivity contribution in [2.24, 2.45) is 5.92 Å². The average molecular weight is 465 g/mol. The first kappa shape index (κ1) is 22.8. The topological polar surface area (TPSA) is 93.5 Å². The van der Waals surface area contributed by atoms with Crippen molar-refractivity contribution >= 4 is 35.1 Å². The number of benzene rings is 2. The number of nitrogens with zero attached hydrogens (tertiary/aromatic N) is 3. The number of hydrogen-bond donors (Lipinski definition) is 1. The SMILES string of the molecule is C[C@H]1CCCC[C@]12NC(=O)N(CC(=O)N(Cc1ccccc1)c1cc(Cl)ccc1C#N)C2=O. The number of nitrogens with one attached hydrogen (secondary N) is 1. The molecule has 2 aromatic rings. The second kappa shape index (κ2) is 9.24. The van der Waals surface area contributed by atoms with Gasteiger partial charge in [-0.15, -0.1) is 0 Å². The van der Waals surface area contributed by atoms with Gasteiger partial charge in [0.15, 0.2) is 0 Å². The summed E-state index contributed by atoms with van der Waals surface area (Å²) in [6.07, 6.45) is 3.29. The van der Waals surface area contributed by atoms with E-state index < -0.39 is 24.0 Å². The molecule has 1 aliphatic heterocycles. The van der Waals surface area contributed by atoms with E-state index in [1.54, 1.807) is 18.2 Å². The van der Waals surface area contributed by atoms with Gasteiger partial charge in [0, 0.05) is 5.02 Å². The first-order valence-electron chi connectivity index (χ1n) is 11.0. The number of rotatable bonds is 5. The standard InChI is InChI=1S/C25H25ClN4O3/c1-17-7-5-6-12-25(17)23(32)30(24(33)28-25)16-22(31)29(15-18-8-3-2-4-9-18)21-13-20(26)11-10-19(21)14-27/h2-4,8-11,13,17H,5-7,12,15-16H2,1H3,(H,28,33)/t17-,25-/m0/s1. The number of amides is 4. The van der Waals surface area contributed by atoms with E-state index in [1.807, 2.05) is 37.3 Å². The minimum Gasteiger partial charge on any atom is -0.323 e. The van der Waals surface area contributed by atoms with Crippen molar-refractivity contribution in [1.29, 1.82) is 5.26 Å². The molecule has 1 heterocycles. The Morgan fingerprint density at radius 2 is 2.00 bits per heavy atom. The fourth-order valence-corrected chi connectivity index (χ4v) is 4.92. The van der Waals surface area contributed by atoms with Crippen LogP contribution in [-0.4, -0.2) is 34.8 Å². The van der Waals surface area contributed by atoms with E-state index >= 15 is 0 Å². The van der Waals surface area contributed by atoms with Gasteiger partial charge in [0.1, 0.15) is 18.2 Å². The molecular formula is C25H25ClN4O3. The number of imide groups is 1. The van der Waals surface area contributed by atoms with E-state index in [0.29, 0.717) is 17.1 Å². The zero-order chi connectivity index (χ0) is 23.6. The second-order valence-corrected chi connectivity index (χ2v) is 9.11. The summed E-state index contributed by atoms with van der Waals surface area (Å²) in [6.45, 7) is 1.72. The van der Waals surface area contributed by atoms with Gasteiger partial charge >= 0.3 is 6.03 Å². The lowest BCUT2D eigenvalue weighted by atomic mass is 9.73. The van der Waals surface area contributed by atoms with E-state index in [1.165, 1.54) is 4.90 Å². The maximum absolute atomic E-state index is 13.5. The van der Waals surface area contributed by atoms with Gasteiger partial charge in [-0.2, -0.15) is 5.26 Å². The maximum atomic E-state index is 13.5. The average Bonchev–Trinajstić information content (AvgIpc) is 3.05. The molecule has 1 N–H and O–H groups in total. The first-order chi connectivity index (χ1) is 15.9. The van der Waals surface area contributed by atoms with Crippen molar-refractivity contribution in [1.82, 2.24) is 10.2 Å². The summed E-state index contributed by atoms with van der Waals surface area (Å²) in [7, 11) is 0. The largest absolute Gasteiger partial charge is 0.325 e. The van der Waals surface area contributed by atoms with Crippen molar-refractivity contribution in [3.8, 4) is 6.07 Å². The summed E-state index contributed by atoms with van der Waals surface area (Å²) in [5.41, 5.74) is 0.516. The van der Waals surface area contributed by atoms with Crippen molar-refractivity contribution in [3.05, 3.63) is 64.7 Å². The quantitative estimate of drug-likeness (QED) is 0.669. The Morgan fingerprint density at radius 3 is 2.70 bits per heavy atom. The molecule has 0 unspecified atom stereocenters. The zero-order valence-electron chi connectivity index (χ0n) is 18.4. The van der Waals surface area contributed by atoms with Crippen LogP contribution in [0.1, 0.15) is 43.7 Å². The predicted molar refractivity (Wildman–Crippen MR) is 124 cm³/mol. The monoisotopic (exact) mass is 464 g/mol. The van der Waals surface area contributed by atoms with Gasteiger partial charge < -0.3 is 10.2 Å². The third-order valence-electron chi connectivity index (χ3n) is 6.65. The summed E-state index contributed by atoms with van der Waals surface area (Å²) in [4.78, 5) is 42.1.